The van der Waals surface area contributed by atoms with Crippen molar-refractivity contribution in [3.05, 3.63) is 66.0 Å². The molecule has 3 aromatic rings. The lowest BCUT2D eigenvalue weighted by molar-refractivity contribution is 0.0990. The molecule has 0 radical (unpaired) electrons. The van der Waals surface area contributed by atoms with Crippen LogP contribution in [0.5, 0.6) is 0 Å². The number of aromatic nitrogens is 1. The fourth-order valence-electron chi connectivity index (χ4n) is 2.57. The van der Waals surface area contributed by atoms with Gasteiger partial charge in [0.15, 0.2) is 5.96 Å². The summed E-state index contributed by atoms with van der Waals surface area (Å²) in [5.74, 6) is -1.42. The van der Waals surface area contributed by atoms with E-state index in [2.05, 4.69) is 9.98 Å². The molecule has 0 bridgehead atoms. The Bertz CT molecular complexity index is 1020. The number of primary amides is 1. The van der Waals surface area contributed by atoms with E-state index in [1.807, 2.05) is 24.3 Å². The number of hydrogen-bond acceptors (Lipinski definition) is 3. The Morgan fingerprint density at radius 1 is 0.960 bits per heavy atom. The smallest absolute Gasteiger partial charge is 0.280 e. The summed E-state index contributed by atoms with van der Waals surface area (Å²) in [6.45, 7) is 0. The maximum absolute atomic E-state index is 12.1. The number of pyridine rings is 1. The molecule has 0 saturated carbocycles. The highest BCUT2D eigenvalue weighted by molar-refractivity contribution is 6.06. The average Bonchev–Trinajstić information content (AvgIpc) is 2.60. The number of hydrogen-bond donors (Lipinski definition) is 3. The summed E-state index contributed by atoms with van der Waals surface area (Å²) in [6, 6.07) is 14.3. The van der Waals surface area contributed by atoms with E-state index >= 15 is 0 Å². The lowest BCUT2D eigenvalue weighted by Crippen LogP contribution is -2.24. The molecule has 1 heterocycles. The Morgan fingerprint density at radius 3 is 2.48 bits per heavy atom. The fourth-order valence-corrected chi connectivity index (χ4v) is 2.57. The molecule has 7 heteroatoms. The van der Waals surface area contributed by atoms with Crippen LogP contribution in [-0.4, -0.2) is 22.8 Å². The van der Waals surface area contributed by atoms with Crippen LogP contribution < -0.4 is 17.2 Å². The molecule has 6 N–H and O–H groups in total. The lowest BCUT2D eigenvalue weighted by Gasteiger charge is -2.09. The summed E-state index contributed by atoms with van der Waals surface area (Å²) in [5, 5.41) is 1.75. The van der Waals surface area contributed by atoms with Crippen LogP contribution in [0, 0.1) is 0 Å². The SMILES string of the molecule is NC(=O)c1cc(-c2cccc3ccc(C(=O)N=C(N)N)cc23)ccn1. The van der Waals surface area contributed by atoms with Gasteiger partial charge in [-0.3, -0.25) is 14.6 Å². The van der Waals surface area contributed by atoms with Crippen LogP contribution in [0.4, 0.5) is 0 Å². The molecule has 25 heavy (non-hydrogen) atoms. The molecule has 0 aliphatic rings. The van der Waals surface area contributed by atoms with E-state index in [-0.39, 0.29) is 11.7 Å². The van der Waals surface area contributed by atoms with Crippen molar-refractivity contribution in [2.24, 2.45) is 22.2 Å². The van der Waals surface area contributed by atoms with Gasteiger partial charge in [-0.05, 0) is 46.2 Å². The Kier molecular flexibility index (Phi) is 4.13. The van der Waals surface area contributed by atoms with Crippen LogP contribution in [0.1, 0.15) is 20.8 Å². The van der Waals surface area contributed by atoms with E-state index in [1.165, 1.54) is 6.20 Å². The zero-order chi connectivity index (χ0) is 18.0. The number of amides is 2. The molecule has 0 fully saturated rings. The normalized spacial score (nSPS) is 10.4. The number of aliphatic imine (C=N–C) groups is 1. The van der Waals surface area contributed by atoms with Crippen LogP contribution in [0.15, 0.2) is 59.7 Å². The van der Waals surface area contributed by atoms with Gasteiger partial charge in [0.2, 0.25) is 0 Å². The number of benzene rings is 2. The molecule has 2 amide bonds. The Balaban J connectivity index is 2.19. The zero-order valence-corrected chi connectivity index (χ0v) is 13.1. The first-order chi connectivity index (χ1) is 12.0. The third-order valence-electron chi connectivity index (χ3n) is 3.68. The molecule has 0 aliphatic carbocycles. The first-order valence-electron chi connectivity index (χ1n) is 7.38. The maximum Gasteiger partial charge on any atom is 0.280 e. The van der Waals surface area contributed by atoms with Crippen LogP contribution >= 0.6 is 0 Å². The quantitative estimate of drug-likeness (QED) is 0.491. The molecule has 3 rings (SSSR count). The van der Waals surface area contributed by atoms with Crippen molar-refractivity contribution in [2.45, 2.75) is 0 Å². The van der Waals surface area contributed by atoms with Gasteiger partial charge in [0.25, 0.3) is 11.8 Å². The van der Waals surface area contributed by atoms with Gasteiger partial charge >= 0.3 is 0 Å². The highest BCUT2D eigenvalue weighted by atomic mass is 16.1. The largest absolute Gasteiger partial charge is 0.370 e. The molecule has 2 aromatic carbocycles. The molecule has 0 aliphatic heterocycles. The van der Waals surface area contributed by atoms with E-state index < -0.39 is 11.8 Å². The van der Waals surface area contributed by atoms with Crippen LogP contribution in [0.2, 0.25) is 0 Å². The van der Waals surface area contributed by atoms with Gasteiger partial charge in [-0.25, -0.2) is 0 Å². The Morgan fingerprint density at radius 2 is 1.76 bits per heavy atom. The minimum absolute atomic E-state index is 0.169. The third kappa shape index (κ3) is 3.30. The second-order valence-electron chi connectivity index (χ2n) is 5.38. The van der Waals surface area contributed by atoms with Crippen molar-refractivity contribution in [1.82, 2.24) is 4.98 Å². The van der Waals surface area contributed by atoms with Gasteiger partial charge in [-0.1, -0.05) is 24.3 Å². The summed E-state index contributed by atoms with van der Waals surface area (Å²) in [7, 11) is 0. The predicted octanol–water partition coefficient (Wildman–Crippen LogP) is 1.41. The van der Waals surface area contributed by atoms with Crippen molar-refractivity contribution >= 4 is 28.5 Å². The second kappa shape index (κ2) is 6.40. The van der Waals surface area contributed by atoms with E-state index in [4.69, 9.17) is 17.2 Å². The molecule has 1 aromatic heterocycles. The van der Waals surface area contributed by atoms with E-state index in [0.717, 1.165) is 21.9 Å². The molecule has 7 nitrogen and oxygen atoms in total. The molecule has 0 atom stereocenters. The number of nitrogens with two attached hydrogens (primary N) is 3. The number of carbonyl (C=O) groups excluding carboxylic acids is 2. The number of rotatable bonds is 3. The summed E-state index contributed by atoms with van der Waals surface area (Å²) in [6.07, 6.45) is 1.52. The highest BCUT2D eigenvalue weighted by Crippen LogP contribution is 2.29. The van der Waals surface area contributed by atoms with Gasteiger partial charge in [0.05, 0.1) is 0 Å². The molecular weight excluding hydrogens is 318 g/mol. The first kappa shape index (κ1) is 16.1. The van der Waals surface area contributed by atoms with E-state index in [1.54, 1.807) is 24.3 Å². The van der Waals surface area contributed by atoms with Crippen LogP contribution in [0.25, 0.3) is 21.9 Å². The van der Waals surface area contributed by atoms with Gasteiger partial charge in [0, 0.05) is 11.8 Å². The average molecular weight is 333 g/mol. The van der Waals surface area contributed by atoms with E-state index in [9.17, 15) is 9.59 Å². The third-order valence-corrected chi connectivity index (χ3v) is 3.68. The summed E-state index contributed by atoms with van der Waals surface area (Å²) in [5.41, 5.74) is 18.0. The molecule has 0 unspecified atom stereocenters. The van der Waals surface area contributed by atoms with Gasteiger partial charge in [-0.15, -0.1) is 0 Å². The summed E-state index contributed by atoms with van der Waals surface area (Å²) in [4.78, 5) is 30.9. The standard InChI is InChI=1S/C18H15N5O2/c19-16(24)15-9-11(6-7-22-15)13-3-1-2-10-4-5-12(8-14(10)13)17(25)23-18(20)21/h1-9H,(H2,19,24)(H4,20,21,23,25). The van der Waals surface area contributed by atoms with Crippen molar-refractivity contribution in [3.8, 4) is 11.1 Å². The van der Waals surface area contributed by atoms with Crippen LogP contribution in [0.3, 0.4) is 0 Å². The topological polar surface area (TPSA) is 137 Å². The fraction of sp³-hybridized carbons (Fsp3) is 0. The second-order valence-corrected chi connectivity index (χ2v) is 5.38. The number of nitrogens with zero attached hydrogens (tertiary/aromatic N) is 2. The maximum atomic E-state index is 12.1. The predicted molar refractivity (Wildman–Crippen MR) is 95.8 cm³/mol. The molecule has 124 valence electrons. The molecule has 0 saturated heterocycles. The van der Waals surface area contributed by atoms with Crippen molar-refractivity contribution < 1.29 is 9.59 Å². The highest BCUT2D eigenvalue weighted by Gasteiger charge is 2.11. The first-order valence-corrected chi connectivity index (χ1v) is 7.38. The van der Waals surface area contributed by atoms with E-state index in [0.29, 0.717) is 5.56 Å². The summed E-state index contributed by atoms with van der Waals surface area (Å²) < 4.78 is 0. The minimum atomic E-state index is -0.606. The minimum Gasteiger partial charge on any atom is -0.370 e. The zero-order valence-electron chi connectivity index (χ0n) is 13.1. The Labute approximate surface area is 143 Å². The van der Waals surface area contributed by atoms with Gasteiger partial charge in [-0.2, -0.15) is 4.99 Å². The van der Waals surface area contributed by atoms with Gasteiger partial charge in [0.1, 0.15) is 5.69 Å². The monoisotopic (exact) mass is 333 g/mol. The molecular formula is C18H15N5O2. The van der Waals surface area contributed by atoms with Crippen molar-refractivity contribution in [3.63, 3.8) is 0 Å². The lowest BCUT2D eigenvalue weighted by atomic mass is 9.96. The Hall–Kier alpha value is -3.74. The molecule has 0 spiro atoms. The van der Waals surface area contributed by atoms with Gasteiger partial charge < -0.3 is 17.2 Å². The summed E-state index contributed by atoms with van der Waals surface area (Å²) >= 11 is 0. The number of guanidine groups is 1. The van der Waals surface area contributed by atoms with Crippen molar-refractivity contribution in [2.75, 3.05) is 0 Å². The number of fused-ring (bicyclic) bond motifs is 1. The van der Waals surface area contributed by atoms with Crippen LogP contribution in [-0.2, 0) is 0 Å². The van der Waals surface area contributed by atoms with Crippen molar-refractivity contribution in [1.29, 1.82) is 0 Å². The number of carbonyl (C=O) groups is 2.